The van der Waals surface area contributed by atoms with Gasteiger partial charge in [0, 0.05) is 43.0 Å². The highest BCUT2D eigenvalue weighted by molar-refractivity contribution is 5.96. The maximum Gasteiger partial charge on any atom is 0.269 e. The highest BCUT2D eigenvalue weighted by Gasteiger charge is 2.26. The summed E-state index contributed by atoms with van der Waals surface area (Å²) in [7, 11) is 0. The fourth-order valence-electron chi connectivity index (χ4n) is 3.80. The molecule has 0 aliphatic carbocycles. The molecule has 0 bridgehead atoms. The van der Waals surface area contributed by atoms with Crippen molar-refractivity contribution in [1.29, 1.82) is 0 Å². The van der Waals surface area contributed by atoms with E-state index in [1.165, 1.54) is 23.0 Å². The van der Waals surface area contributed by atoms with Crippen LogP contribution in [0.15, 0.2) is 60.9 Å². The number of carbonyl (C=O) groups excluding carboxylic acids is 2. The SMILES string of the molecule is Cc1ccccc1C(=O)NC1CCN(C(=O)c2cnn(-c3ccc([N+](=O)[O-])cc3)c2)CC1. The second-order valence-electron chi connectivity index (χ2n) is 7.80. The highest BCUT2D eigenvalue weighted by Crippen LogP contribution is 2.18. The van der Waals surface area contributed by atoms with Crippen molar-refractivity contribution in [2.45, 2.75) is 25.8 Å². The van der Waals surface area contributed by atoms with E-state index in [2.05, 4.69) is 10.4 Å². The lowest BCUT2D eigenvalue weighted by Gasteiger charge is -2.32. The van der Waals surface area contributed by atoms with Crippen molar-refractivity contribution < 1.29 is 14.5 Å². The molecule has 0 unspecified atom stereocenters. The maximum absolute atomic E-state index is 12.9. The molecule has 0 atom stereocenters. The molecule has 3 aromatic rings. The van der Waals surface area contributed by atoms with Crippen molar-refractivity contribution in [3.63, 3.8) is 0 Å². The molecular formula is C23H23N5O4. The molecule has 1 saturated heterocycles. The molecule has 9 heteroatoms. The quantitative estimate of drug-likeness (QED) is 0.491. The Hall–Kier alpha value is -4.01. The number of hydrogen-bond acceptors (Lipinski definition) is 5. The Labute approximate surface area is 184 Å². The van der Waals surface area contributed by atoms with E-state index in [9.17, 15) is 19.7 Å². The summed E-state index contributed by atoms with van der Waals surface area (Å²) in [4.78, 5) is 37.5. The number of aryl methyl sites for hydroxylation is 1. The van der Waals surface area contributed by atoms with Gasteiger partial charge in [0.15, 0.2) is 0 Å². The Bertz CT molecular complexity index is 1150. The second kappa shape index (κ2) is 9.01. The fourth-order valence-corrected chi connectivity index (χ4v) is 3.80. The van der Waals surface area contributed by atoms with Crippen LogP contribution in [0.1, 0.15) is 39.1 Å². The third-order valence-corrected chi connectivity index (χ3v) is 5.66. The van der Waals surface area contributed by atoms with E-state index in [4.69, 9.17) is 0 Å². The number of amides is 2. The Kier molecular flexibility index (Phi) is 5.98. The van der Waals surface area contributed by atoms with E-state index in [-0.39, 0.29) is 23.5 Å². The molecule has 1 N–H and O–H groups in total. The molecule has 4 rings (SSSR count). The zero-order valence-electron chi connectivity index (χ0n) is 17.6. The summed E-state index contributed by atoms with van der Waals surface area (Å²) in [6.45, 7) is 2.99. The predicted molar refractivity (Wildman–Crippen MR) is 118 cm³/mol. The molecule has 1 aliphatic heterocycles. The molecule has 32 heavy (non-hydrogen) atoms. The summed E-state index contributed by atoms with van der Waals surface area (Å²) in [6, 6.07) is 13.5. The van der Waals surface area contributed by atoms with Crippen molar-refractivity contribution in [2.75, 3.05) is 13.1 Å². The molecular weight excluding hydrogens is 410 g/mol. The van der Waals surface area contributed by atoms with Crippen LogP contribution in [0, 0.1) is 17.0 Å². The van der Waals surface area contributed by atoms with E-state index in [0.717, 1.165) is 5.56 Å². The molecule has 1 aliphatic rings. The van der Waals surface area contributed by atoms with Crippen molar-refractivity contribution >= 4 is 17.5 Å². The summed E-state index contributed by atoms with van der Waals surface area (Å²) in [5, 5.41) is 18.1. The molecule has 164 valence electrons. The van der Waals surface area contributed by atoms with Crippen molar-refractivity contribution in [3.8, 4) is 5.69 Å². The lowest BCUT2D eigenvalue weighted by Crippen LogP contribution is -2.46. The topological polar surface area (TPSA) is 110 Å². The Morgan fingerprint density at radius 3 is 2.44 bits per heavy atom. The number of non-ortho nitro benzene ring substituents is 1. The Balaban J connectivity index is 1.34. The minimum absolute atomic E-state index is 0.00501. The molecule has 2 heterocycles. The van der Waals surface area contributed by atoms with Crippen LogP contribution < -0.4 is 5.32 Å². The van der Waals surface area contributed by atoms with Gasteiger partial charge in [0.25, 0.3) is 17.5 Å². The number of benzene rings is 2. The minimum atomic E-state index is -0.463. The normalized spacial score (nSPS) is 14.2. The average molecular weight is 433 g/mol. The minimum Gasteiger partial charge on any atom is -0.349 e. The number of nitro groups is 1. The van der Waals surface area contributed by atoms with Gasteiger partial charge in [0.1, 0.15) is 0 Å². The first kappa shape index (κ1) is 21.2. The second-order valence-corrected chi connectivity index (χ2v) is 7.80. The highest BCUT2D eigenvalue weighted by atomic mass is 16.6. The molecule has 9 nitrogen and oxygen atoms in total. The monoisotopic (exact) mass is 433 g/mol. The standard InChI is InChI=1S/C23H23N5O4/c1-16-4-2-3-5-21(16)22(29)25-18-10-12-26(13-11-18)23(30)17-14-24-27(15-17)19-6-8-20(9-7-19)28(31)32/h2-9,14-15,18H,10-13H2,1H3,(H,25,29). The Morgan fingerprint density at radius 2 is 1.78 bits per heavy atom. The molecule has 1 fully saturated rings. The van der Waals surface area contributed by atoms with Gasteiger partial charge in [0.2, 0.25) is 0 Å². The molecule has 0 spiro atoms. The number of likely N-dealkylation sites (tertiary alicyclic amines) is 1. The van der Waals surface area contributed by atoms with Gasteiger partial charge in [-0.2, -0.15) is 5.10 Å². The first-order valence-electron chi connectivity index (χ1n) is 10.4. The first-order chi connectivity index (χ1) is 15.4. The van der Waals surface area contributed by atoms with Crippen LogP contribution >= 0.6 is 0 Å². The third-order valence-electron chi connectivity index (χ3n) is 5.66. The summed E-state index contributed by atoms with van der Waals surface area (Å²) >= 11 is 0. The van der Waals surface area contributed by atoms with E-state index in [1.54, 1.807) is 23.2 Å². The largest absolute Gasteiger partial charge is 0.349 e. The van der Waals surface area contributed by atoms with Gasteiger partial charge in [0.05, 0.1) is 22.4 Å². The number of hydrogen-bond donors (Lipinski definition) is 1. The lowest BCUT2D eigenvalue weighted by atomic mass is 10.0. The lowest BCUT2D eigenvalue weighted by molar-refractivity contribution is -0.384. The average Bonchev–Trinajstić information content (AvgIpc) is 3.30. The molecule has 0 saturated carbocycles. The third kappa shape index (κ3) is 4.51. The van der Waals surface area contributed by atoms with Gasteiger partial charge in [-0.1, -0.05) is 18.2 Å². The summed E-state index contributed by atoms with van der Waals surface area (Å²) in [5.41, 5.74) is 2.68. The predicted octanol–water partition coefficient (Wildman–Crippen LogP) is 3.12. The molecule has 1 aromatic heterocycles. The number of rotatable bonds is 5. The van der Waals surface area contributed by atoms with E-state index < -0.39 is 4.92 Å². The van der Waals surface area contributed by atoms with Gasteiger partial charge in [-0.05, 0) is 43.5 Å². The number of nitrogens with one attached hydrogen (secondary N) is 1. The van der Waals surface area contributed by atoms with Gasteiger partial charge in [-0.15, -0.1) is 0 Å². The zero-order valence-corrected chi connectivity index (χ0v) is 17.6. The molecule has 2 aromatic carbocycles. The summed E-state index contributed by atoms with van der Waals surface area (Å²) in [5.74, 6) is -0.209. The van der Waals surface area contributed by atoms with Crippen LogP contribution in [0.5, 0.6) is 0 Å². The maximum atomic E-state index is 12.9. The number of nitro benzene ring substituents is 1. The van der Waals surface area contributed by atoms with Crippen molar-refractivity contribution in [1.82, 2.24) is 20.0 Å². The van der Waals surface area contributed by atoms with Crippen molar-refractivity contribution in [3.05, 3.63) is 87.7 Å². The van der Waals surface area contributed by atoms with Crippen LogP contribution in [0.4, 0.5) is 5.69 Å². The number of piperidine rings is 1. The molecule has 0 radical (unpaired) electrons. The van der Waals surface area contributed by atoms with E-state index in [1.807, 2.05) is 31.2 Å². The number of aromatic nitrogens is 2. The zero-order chi connectivity index (χ0) is 22.7. The smallest absolute Gasteiger partial charge is 0.269 e. The number of carbonyl (C=O) groups is 2. The molecule has 2 amide bonds. The fraction of sp³-hybridized carbons (Fsp3) is 0.261. The van der Waals surface area contributed by atoms with Crippen LogP contribution in [0.25, 0.3) is 5.69 Å². The Morgan fingerprint density at radius 1 is 1.09 bits per heavy atom. The van der Waals surface area contributed by atoms with E-state index >= 15 is 0 Å². The van der Waals surface area contributed by atoms with E-state index in [0.29, 0.717) is 42.7 Å². The van der Waals surface area contributed by atoms with Crippen LogP contribution in [0.2, 0.25) is 0 Å². The summed E-state index contributed by atoms with van der Waals surface area (Å²) in [6.07, 6.45) is 4.48. The van der Waals surface area contributed by atoms with Gasteiger partial charge in [-0.3, -0.25) is 19.7 Å². The van der Waals surface area contributed by atoms with Crippen molar-refractivity contribution in [2.24, 2.45) is 0 Å². The van der Waals surface area contributed by atoms with Crippen LogP contribution in [-0.2, 0) is 0 Å². The van der Waals surface area contributed by atoms with Gasteiger partial charge >= 0.3 is 0 Å². The van der Waals surface area contributed by atoms with Crippen LogP contribution in [-0.4, -0.2) is 50.5 Å². The number of nitrogens with zero attached hydrogens (tertiary/aromatic N) is 4. The van der Waals surface area contributed by atoms with Gasteiger partial charge in [-0.25, -0.2) is 4.68 Å². The van der Waals surface area contributed by atoms with Gasteiger partial charge < -0.3 is 10.2 Å². The van der Waals surface area contributed by atoms with Crippen LogP contribution in [0.3, 0.4) is 0 Å². The summed E-state index contributed by atoms with van der Waals surface area (Å²) < 4.78 is 1.52. The first-order valence-corrected chi connectivity index (χ1v) is 10.4.